The third-order valence-corrected chi connectivity index (χ3v) is 6.70. The molecule has 13 nitrogen and oxygen atoms in total. The molecule has 0 spiro atoms. The molecule has 0 radical (unpaired) electrons. The molecule has 15 heteroatoms. The van der Waals surface area contributed by atoms with Crippen LogP contribution in [-0.4, -0.2) is 75.0 Å². The van der Waals surface area contributed by atoms with Gasteiger partial charge in [-0.3, -0.25) is 14.5 Å². The largest absolute Gasteiger partial charge is 0.476 e. The number of carbonyl (C=O) groups is 4. The van der Waals surface area contributed by atoms with Crippen molar-refractivity contribution in [1.82, 2.24) is 15.2 Å². The highest BCUT2D eigenvalue weighted by Gasteiger charge is 2.55. The number of oxime groups is 1. The Kier molecular flexibility index (Phi) is 5.99. The van der Waals surface area contributed by atoms with E-state index in [-0.39, 0.29) is 33.7 Å². The zero-order chi connectivity index (χ0) is 23.9. The van der Waals surface area contributed by atoms with Crippen LogP contribution in [0.4, 0.5) is 5.13 Å². The minimum absolute atomic E-state index is 0.0230. The average Bonchev–Trinajstić information content (AvgIpc) is 3.33. The first-order valence-corrected chi connectivity index (χ1v) is 11.2. The Hall–Kier alpha value is -3.59. The molecule has 3 atom stereocenters. The van der Waals surface area contributed by atoms with Crippen molar-refractivity contribution < 1.29 is 38.6 Å². The van der Waals surface area contributed by atoms with Crippen LogP contribution in [0.25, 0.3) is 0 Å². The molecule has 174 valence electrons. The highest BCUT2D eigenvalue weighted by atomic mass is 32.2. The number of nitrogen functional groups attached to an aromatic ring is 1. The fraction of sp³-hybridized carbons (Fsp3) is 0.333. The van der Waals surface area contributed by atoms with Crippen LogP contribution >= 0.6 is 23.1 Å². The van der Waals surface area contributed by atoms with Gasteiger partial charge in [-0.25, -0.2) is 14.6 Å². The molecule has 0 aliphatic carbocycles. The van der Waals surface area contributed by atoms with Gasteiger partial charge in [0.15, 0.2) is 16.5 Å². The Labute approximate surface area is 194 Å². The predicted molar refractivity (Wildman–Crippen MR) is 114 cm³/mol. The van der Waals surface area contributed by atoms with Crippen LogP contribution in [0, 0.1) is 0 Å². The quantitative estimate of drug-likeness (QED) is 0.194. The molecule has 33 heavy (non-hydrogen) atoms. The molecule has 1 fully saturated rings. The minimum atomic E-state index is -1.39. The van der Waals surface area contributed by atoms with Crippen molar-refractivity contribution in [2.45, 2.75) is 24.6 Å². The van der Waals surface area contributed by atoms with E-state index >= 15 is 0 Å². The Morgan fingerprint density at radius 3 is 2.76 bits per heavy atom. The third kappa shape index (κ3) is 4.11. The Balaban J connectivity index is 1.51. The molecule has 1 aromatic rings. The van der Waals surface area contributed by atoms with E-state index in [1.807, 2.05) is 0 Å². The standard InChI is InChI=1S/C18H17N5O8S2/c1-6-3-9(31-17(6)28)30-8-5-32-15-11(14(25)23(15)12(8)16(26)27)21-13(24)10(22-29-2)7-4-33-18(19)20-7/h3-4,9,11,15H,5H2,1-2H3,(H2,19,20)(H,21,24)(H,26,27)/b22-10-/t9?,11-,15+/m1/s1. The van der Waals surface area contributed by atoms with E-state index in [0.29, 0.717) is 5.57 Å². The second kappa shape index (κ2) is 8.74. The van der Waals surface area contributed by atoms with Gasteiger partial charge in [0.1, 0.15) is 30.0 Å². The van der Waals surface area contributed by atoms with E-state index in [9.17, 15) is 24.3 Å². The van der Waals surface area contributed by atoms with Crippen LogP contribution in [-0.2, 0) is 33.5 Å². The molecule has 0 saturated carbocycles. The fourth-order valence-electron chi connectivity index (χ4n) is 3.29. The molecule has 3 aliphatic rings. The smallest absolute Gasteiger partial charge is 0.356 e. The molecule has 3 aliphatic heterocycles. The van der Waals surface area contributed by atoms with Crippen molar-refractivity contribution in [3.05, 3.63) is 34.2 Å². The number of ether oxygens (including phenoxy) is 2. The Morgan fingerprint density at radius 1 is 1.42 bits per heavy atom. The van der Waals surface area contributed by atoms with Gasteiger partial charge in [0.05, 0.1) is 5.75 Å². The first-order valence-electron chi connectivity index (χ1n) is 9.31. The monoisotopic (exact) mass is 495 g/mol. The van der Waals surface area contributed by atoms with Gasteiger partial charge in [-0.1, -0.05) is 5.16 Å². The highest BCUT2D eigenvalue weighted by Crippen LogP contribution is 2.41. The maximum Gasteiger partial charge on any atom is 0.356 e. The van der Waals surface area contributed by atoms with E-state index in [1.54, 1.807) is 0 Å². The zero-order valence-corrected chi connectivity index (χ0v) is 18.8. The van der Waals surface area contributed by atoms with Crippen molar-refractivity contribution >= 4 is 57.7 Å². The number of thiazole rings is 1. The summed E-state index contributed by atoms with van der Waals surface area (Å²) in [6.45, 7) is 1.54. The molecule has 1 aromatic heterocycles. The summed E-state index contributed by atoms with van der Waals surface area (Å²) in [5, 5.41) is 16.9. The number of nitrogens with two attached hydrogens (primary N) is 1. The number of aliphatic carboxylic acids is 1. The molecule has 2 amide bonds. The van der Waals surface area contributed by atoms with E-state index in [0.717, 1.165) is 16.2 Å². The summed E-state index contributed by atoms with van der Waals surface area (Å²) in [7, 11) is 1.25. The lowest BCUT2D eigenvalue weighted by atomic mass is 10.0. The zero-order valence-electron chi connectivity index (χ0n) is 17.1. The molecular formula is C18H17N5O8S2. The van der Waals surface area contributed by atoms with Gasteiger partial charge in [0.2, 0.25) is 0 Å². The molecular weight excluding hydrogens is 478 g/mol. The van der Waals surface area contributed by atoms with Crippen molar-refractivity contribution in [1.29, 1.82) is 0 Å². The number of esters is 1. The van der Waals surface area contributed by atoms with E-state index < -0.39 is 41.5 Å². The first kappa shape index (κ1) is 22.6. The van der Waals surface area contributed by atoms with Crippen LogP contribution in [0.15, 0.2) is 33.6 Å². The number of carboxylic acid groups (broad SMARTS) is 1. The van der Waals surface area contributed by atoms with Gasteiger partial charge in [-0.05, 0) is 6.92 Å². The lowest BCUT2D eigenvalue weighted by Gasteiger charge is -2.49. The number of hydrogen-bond donors (Lipinski definition) is 3. The molecule has 0 aromatic carbocycles. The lowest BCUT2D eigenvalue weighted by molar-refractivity contribution is -0.156. The summed E-state index contributed by atoms with van der Waals surface area (Å²) in [5.74, 6) is -3.29. The van der Waals surface area contributed by atoms with Gasteiger partial charge in [0, 0.05) is 17.0 Å². The average molecular weight is 495 g/mol. The number of nitrogens with zero attached hydrogens (tertiary/aromatic N) is 3. The number of carboxylic acids is 1. The number of aromatic nitrogens is 1. The second-order valence-electron chi connectivity index (χ2n) is 6.87. The molecule has 4 heterocycles. The molecule has 4 N–H and O–H groups in total. The second-order valence-corrected chi connectivity index (χ2v) is 8.87. The van der Waals surface area contributed by atoms with E-state index in [1.165, 1.54) is 37.3 Å². The van der Waals surface area contributed by atoms with E-state index in [2.05, 4.69) is 15.5 Å². The highest BCUT2D eigenvalue weighted by molar-refractivity contribution is 8.00. The molecule has 0 bridgehead atoms. The van der Waals surface area contributed by atoms with Crippen molar-refractivity contribution in [3.63, 3.8) is 0 Å². The number of cyclic esters (lactones) is 1. The van der Waals surface area contributed by atoms with Gasteiger partial charge >= 0.3 is 11.9 Å². The molecule has 4 rings (SSSR count). The van der Waals surface area contributed by atoms with E-state index in [4.69, 9.17) is 20.0 Å². The van der Waals surface area contributed by atoms with Gasteiger partial charge in [-0.15, -0.1) is 23.1 Å². The predicted octanol–water partition coefficient (Wildman–Crippen LogP) is -0.382. The number of amides is 2. The number of β-lactam (4-membered cyclic amide) rings is 1. The third-order valence-electron chi connectivity index (χ3n) is 4.77. The van der Waals surface area contributed by atoms with Gasteiger partial charge < -0.3 is 30.5 Å². The van der Waals surface area contributed by atoms with Gasteiger partial charge in [0.25, 0.3) is 18.1 Å². The SMILES string of the molecule is CO/N=C(\C(=O)N[C@@H]1C(=O)N2C(C(=O)O)=C(OC3C=C(C)C(=O)O3)CS[C@@H]12)c1csc(N)n1. The number of hydrogen-bond acceptors (Lipinski definition) is 12. The summed E-state index contributed by atoms with van der Waals surface area (Å²) < 4.78 is 10.5. The van der Waals surface area contributed by atoms with Crippen LogP contribution < -0.4 is 11.1 Å². The number of rotatable bonds is 7. The summed E-state index contributed by atoms with van der Waals surface area (Å²) in [5.41, 5.74) is 5.55. The number of anilines is 1. The Bertz CT molecular complexity index is 1140. The maximum absolute atomic E-state index is 12.8. The number of thioether (sulfide) groups is 1. The number of fused-ring (bicyclic) bond motifs is 1. The van der Waals surface area contributed by atoms with Crippen LogP contribution in [0.2, 0.25) is 0 Å². The van der Waals surface area contributed by atoms with Crippen LogP contribution in [0.5, 0.6) is 0 Å². The first-order chi connectivity index (χ1) is 15.7. The summed E-state index contributed by atoms with van der Waals surface area (Å²) in [4.78, 5) is 58.7. The maximum atomic E-state index is 12.8. The minimum Gasteiger partial charge on any atom is -0.476 e. The van der Waals surface area contributed by atoms with Crippen molar-refractivity contribution in [2.75, 3.05) is 18.6 Å². The lowest BCUT2D eigenvalue weighted by Crippen LogP contribution is -2.71. The summed E-state index contributed by atoms with van der Waals surface area (Å²) in [6.07, 6.45) is 0.332. The Morgan fingerprint density at radius 2 is 2.18 bits per heavy atom. The summed E-state index contributed by atoms with van der Waals surface area (Å²) in [6, 6.07) is -1.01. The topological polar surface area (TPSA) is 183 Å². The fourth-order valence-corrected chi connectivity index (χ4v) is 5.10. The number of nitrogens with one attached hydrogen (secondary N) is 1. The normalized spacial score (nSPS) is 24.5. The van der Waals surface area contributed by atoms with Crippen LogP contribution in [0.3, 0.4) is 0 Å². The van der Waals surface area contributed by atoms with Crippen molar-refractivity contribution in [3.8, 4) is 0 Å². The molecule has 1 unspecified atom stereocenters. The van der Waals surface area contributed by atoms with Gasteiger partial charge in [-0.2, -0.15) is 0 Å². The molecule has 1 saturated heterocycles. The number of carbonyl (C=O) groups excluding carboxylic acids is 3. The van der Waals surface area contributed by atoms with Crippen LogP contribution in [0.1, 0.15) is 12.6 Å². The van der Waals surface area contributed by atoms with Crippen molar-refractivity contribution in [2.24, 2.45) is 5.16 Å². The summed E-state index contributed by atoms with van der Waals surface area (Å²) >= 11 is 2.28.